The molecule has 0 aliphatic carbocycles. The molecule has 0 radical (unpaired) electrons. The quantitative estimate of drug-likeness (QED) is 0.470. The Balaban J connectivity index is 1.58. The monoisotopic (exact) mass is 434 g/mol. The molecular formula is C23H22N4OS2. The van der Waals surface area contributed by atoms with E-state index in [0.717, 1.165) is 43.2 Å². The first-order chi connectivity index (χ1) is 14.4. The van der Waals surface area contributed by atoms with Crippen molar-refractivity contribution in [2.45, 2.75) is 40.3 Å². The molecule has 5 rings (SSSR count). The zero-order chi connectivity index (χ0) is 21.0. The lowest BCUT2D eigenvalue weighted by Gasteiger charge is -2.10. The van der Waals surface area contributed by atoms with Gasteiger partial charge in [-0.2, -0.15) is 0 Å². The summed E-state index contributed by atoms with van der Waals surface area (Å²) in [7, 11) is 0. The van der Waals surface area contributed by atoms with E-state index < -0.39 is 6.10 Å². The van der Waals surface area contributed by atoms with Gasteiger partial charge >= 0.3 is 0 Å². The molecule has 1 unspecified atom stereocenters. The number of rotatable bonds is 3. The van der Waals surface area contributed by atoms with E-state index in [9.17, 15) is 5.11 Å². The molecule has 0 saturated heterocycles. The van der Waals surface area contributed by atoms with Gasteiger partial charge in [-0.3, -0.25) is 9.56 Å². The van der Waals surface area contributed by atoms with Gasteiger partial charge in [0.1, 0.15) is 17.4 Å². The molecule has 30 heavy (non-hydrogen) atoms. The van der Waals surface area contributed by atoms with E-state index in [2.05, 4.69) is 58.9 Å². The number of aryl methyl sites for hydroxylation is 2. The lowest BCUT2D eigenvalue weighted by atomic mass is 9.98. The molecule has 1 aromatic carbocycles. The summed E-state index contributed by atoms with van der Waals surface area (Å²) < 4.78 is 2.15. The van der Waals surface area contributed by atoms with Crippen LogP contribution in [0.15, 0.2) is 41.4 Å². The number of thiophene rings is 2. The lowest BCUT2D eigenvalue weighted by Crippen LogP contribution is -2.07. The molecule has 3 aromatic heterocycles. The molecule has 4 heterocycles. The molecule has 0 bridgehead atoms. The van der Waals surface area contributed by atoms with Crippen LogP contribution in [0.1, 0.15) is 51.1 Å². The first kappa shape index (κ1) is 19.4. The summed E-state index contributed by atoms with van der Waals surface area (Å²) >= 11 is 3.41. The predicted molar refractivity (Wildman–Crippen MR) is 123 cm³/mol. The average molecular weight is 435 g/mol. The Kier molecular flexibility index (Phi) is 4.69. The molecule has 7 heteroatoms. The Morgan fingerprint density at radius 3 is 2.40 bits per heavy atom. The van der Waals surface area contributed by atoms with E-state index in [1.165, 1.54) is 16.0 Å². The smallest absolute Gasteiger partial charge is 0.160 e. The third-order valence-corrected chi connectivity index (χ3v) is 8.06. The standard InChI is InChI=1S/C23H22N4OS2/c1-12-14(3)29-23-21(12)22(24-11-20-26-25-15(4)27(20)23)17-7-5-16(6-8-17)19-10-9-18(30-19)13(2)28/h5-10,13,28H,11H2,1-4H3. The van der Waals surface area contributed by atoms with Gasteiger partial charge in [-0.25, -0.2) is 0 Å². The molecule has 0 spiro atoms. The fourth-order valence-electron chi connectivity index (χ4n) is 3.81. The molecule has 0 saturated carbocycles. The molecule has 0 amide bonds. The van der Waals surface area contributed by atoms with Gasteiger partial charge < -0.3 is 5.11 Å². The van der Waals surface area contributed by atoms with Crippen molar-refractivity contribution in [3.63, 3.8) is 0 Å². The number of aromatic nitrogens is 3. The molecule has 1 aliphatic rings. The molecule has 1 N–H and O–H groups in total. The summed E-state index contributed by atoms with van der Waals surface area (Å²) in [5, 5.41) is 19.6. The molecule has 152 valence electrons. The van der Waals surface area contributed by atoms with Gasteiger partial charge in [0.05, 0.1) is 11.8 Å². The fraction of sp³-hybridized carbons (Fsp3) is 0.261. The van der Waals surface area contributed by atoms with Gasteiger partial charge in [0.15, 0.2) is 5.82 Å². The SMILES string of the molecule is Cc1sc2c(c1C)C(c1ccc(-c3ccc(C(C)O)s3)cc1)=NCc1nnc(C)n1-2. The van der Waals surface area contributed by atoms with E-state index in [1.807, 2.05) is 13.0 Å². The highest BCUT2D eigenvalue weighted by Gasteiger charge is 2.26. The number of aliphatic hydroxyl groups is 1. The van der Waals surface area contributed by atoms with E-state index in [1.54, 1.807) is 29.6 Å². The highest BCUT2D eigenvalue weighted by molar-refractivity contribution is 7.15. The number of hydrogen-bond acceptors (Lipinski definition) is 6. The maximum Gasteiger partial charge on any atom is 0.160 e. The van der Waals surface area contributed by atoms with Crippen molar-refractivity contribution in [2.75, 3.05) is 0 Å². The fourth-order valence-corrected chi connectivity index (χ4v) is 5.98. The Hall–Kier alpha value is -2.61. The third-order valence-electron chi connectivity index (χ3n) is 5.56. The number of benzene rings is 1. The van der Waals surface area contributed by atoms with Crippen molar-refractivity contribution < 1.29 is 5.11 Å². The zero-order valence-electron chi connectivity index (χ0n) is 17.3. The second-order valence-electron chi connectivity index (χ2n) is 7.58. The predicted octanol–water partition coefficient (Wildman–Crippen LogP) is 5.39. The summed E-state index contributed by atoms with van der Waals surface area (Å²) in [6, 6.07) is 12.6. The Labute approximate surface area is 183 Å². The number of aliphatic hydroxyl groups excluding tert-OH is 1. The summed E-state index contributed by atoms with van der Waals surface area (Å²) in [5.41, 5.74) is 5.71. The van der Waals surface area contributed by atoms with Crippen molar-refractivity contribution in [1.29, 1.82) is 0 Å². The maximum absolute atomic E-state index is 9.81. The van der Waals surface area contributed by atoms with Crippen LogP contribution in [0, 0.1) is 20.8 Å². The topological polar surface area (TPSA) is 63.3 Å². The van der Waals surface area contributed by atoms with Gasteiger partial charge in [-0.1, -0.05) is 24.3 Å². The van der Waals surface area contributed by atoms with Gasteiger partial charge in [-0.05, 0) is 51.0 Å². The number of fused-ring (bicyclic) bond motifs is 3. The van der Waals surface area contributed by atoms with E-state index in [4.69, 9.17) is 4.99 Å². The maximum atomic E-state index is 9.81. The van der Waals surface area contributed by atoms with Crippen LogP contribution in [0.5, 0.6) is 0 Å². The van der Waals surface area contributed by atoms with Gasteiger partial charge in [-0.15, -0.1) is 32.9 Å². The third kappa shape index (κ3) is 3.05. The first-order valence-corrected chi connectivity index (χ1v) is 11.5. The second kappa shape index (κ2) is 7.27. The van der Waals surface area contributed by atoms with Gasteiger partial charge in [0.2, 0.25) is 0 Å². The van der Waals surface area contributed by atoms with Crippen LogP contribution in [-0.2, 0) is 6.54 Å². The van der Waals surface area contributed by atoms with Crippen LogP contribution in [0.25, 0.3) is 15.4 Å². The van der Waals surface area contributed by atoms with Crippen LogP contribution < -0.4 is 0 Å². The average Bonchev–Trinajstić information content (AvgIpc) is 3.40. The minimum absolute atomic E-state index is 0.434. The van der Waals surface area contributed by atoms with E-state index in [-0.39, 0.29) is 0 Å². The molecule has 0 fully saturated rings. The Morgan fingerprint density at radius 1 is 0.967 bits per heavy atom. The lowest BCUT2D eigenvalue weighted by molar-refractivity contribution is 0.203. The van der Waals surface area contributed by atoms with Crippen LogP contribution in [0.3, 0.4) is 0 Å². The van der Waals surface area contributed by atoms with Crippen molar-refractivity contribution in [2.24, 2.45) is 4.99 Å². The van der Waals surface area contributed by atoms with Crippen LogP contribution in [0.2, 0.25) is 0 Å². The van der Waals surface area contributed by atoms with Gasteiger partial charge in [0, 0.05) is 25.8 Å². The molecule has 1 aliphatic heterocycles. The van der Waals surface area contributed by atoms with Crippen molar-refractivity contribution in [3.05, 3.63) is 74.5 Å². The highest BCUT2D eigenvalue weighted by atomic mass is 32.1. The van der Waals surface area contributed by atoms with Crippen LogP contribution in [0.4, 0.5) is 0 Å². The molecule has 5 nitrogen and oxygen atoms in total. The number of hydrogen-bond donors (Lipinski definition) is 1. The summed E-state index contributed by atoms with van der Waals surface area (Å²) in [6.45, 7) is 8.63. The summed E-state index contributed by atoms with van der Waals surface area (Å²) in [5.74, 6) is 1.77. The zero-order valence-corrected chi connectivity index (χ0v) is 18.9. The largest absolute Gasteiger partial charge is 0.388 e. The normalized spacial score (nSPS) is 14.1. The summed E-state index contributed by atoms with van der Waals surface area (Å²) in [6.07, 6.45) is -0.434. The van der Waals surface area contributed by atoms with Gasteiger partial charge in [0.25, 0.3) is 0 Å². The van der Waals surface area contributed by atoms with E-state index in [0.29, 0.717) is 6.54 Å². The molecular weight excluding hydrogens is 412 g/mol. The number of nitrogens with zero attached hydrogens (tertiary/aromatic N) is 4. The van der Waals surface area contributed by atoms with Crippen molar-refractivity contribution >= 4 is 28.4 Å². The first-order valence-electron chi connectivity index (χ1n) is 9.88. The van der Waals surface area contributed by atoms with E-state index >= 15 is 0 Å². The minimum atomic E-state index is -0.434. The Bertz CT molecular complexity index is 1280. The van der Waals surface area contributed by atoms with Crippen molar-refractivity contribution in [1.82, 2.24) is 14.8 Å². The molecule has 4 aromatic rings. The van der Waals surface area contributed by atoms with Crippen molar-refractivity contribution in [3.8, 4) is 15.4 Å². The highest BCUT2D eigenvalue weighted by Crippen LogP contribution is 2.37. The Morgan fingerprint density at radius 2 is 1.70 bits per heavy atom. The second-order valence-corrected chi connectivity index (χ2v) is 9.90. The summed E-state index contributed by atoms with van der Waals surface area (Å²) in [4.78, 5) is 8.39. The minimum Gasteiger partial charge on any atom is -0.388 e. The number of aliphatic imine (C=N–C) groups is 1. The van der Waals surface area contributed by atoms with Crippen LogP contribution >= 0.6 is 22.7 Å². The molecule has 1 atom stereocenters. The van der Waals surface area contributed by atoms with Crippen LogP contribution in [-0.4, -0.2) is 25.6 Å².